The molecular weight excluding hydrogens is 180 g/mol. The van der Waals surface area contributed by atoms with Gasteiger partial charge < -0.3 is 10.1 Å². The third-order valence-electron chi connectivity index (χ3n) is 2.27. The normalized spacial score (nSPS) is 26.8. The zero-order valence-electron chi connectivity index (χ0n) is 7.48. The summed E-state index contributed by atoms with van der Waals surface area (Å²) in [4.78, 5) is 10.8. The number of methoxy groups -OCH3 is 1. The lowest BCUT2D eigenvalue weighted by atomic mass is 9.91. The Labute approximate surface area is 75.4 Å². The van der Waals surface area contributed by atoms with E-state index in [1.807, 2.05) is 0 Å². The highest BCUT2D eigenvalue weighted by Crippen LogP contribution is 2.31. The highest BCUT2D eigenvalue weighted by Gasteiger charge is 2.42. The van der Waals surface area contributed by atoms with Crippen LogP contribution in [-0.4, -0.2) is 32.1 Å². The second-order valence-corrected chi connectivity index (χ2v) is 3.20. The Kier molecular flexibility index (Phi) is 3.19. The standard InChI is InChI=1S/C8H13F2NO2/c1-13-7(12)4-6-2-3-11-5-8(6,9)10/h6,11H,2-5H2,1H3. The summed E-state index contributed by atoms with van der Waals surface area (Å²) in [5, 5.41) is 2.59. The maximum atomic E-state index is 13.1. The Morgan fingerprint density at radius 1 is 1.69 bits per heavy atom. The third-order valence-corrected chi connectivity index (χ3v) is 2.27. The van der Waals surface area contributed by atoms with Gasteiger partial charge in [-0.15, -0.1) is 0 Å². The summed E-state index contributed by atoms with van der Waals surface area (Å²) in [7, 11) is 1.21. The maximum absolute atomic E-state index is 13.1. The highest BCUT2D eigenvalue weighted by atomic mass is 19.3. The van der Waals surface area contributed by atoms with Crippen LogP contribution in [0.25, 0.3) is 0 Å². The number of alkyl halides is 2. The molecule has 13 heavy (non-hydrogen) atoms. The number of piperidine rings is 1. The van der Waals surface area contributed by atoms with E-state index in [4.69, 9.17) is 0 Å². The van der Waals surface area contributed by atoms with Crippen molar-refractivity contribution in [3.05, 3.63) is 0 Å². The molecule has 1 unspecified atom stereocenters. The fourth-order valence-electron chi connectivity index (χ4n) is 1.42. The van der Waals surface area contributed by atoms with Crippen molar-refractivity contribution >= 4 is 5.97 Å². The topological polar surface area (TPSA) is 38.3 Å². The van der Waals surface area contributed by atoms with E-state index >= 15 is 0 Å². The van der Waals surface area contributed by atoms with Crippen LogP contribution in [-0.2, 0) is 9.53 Å². The summed E-state index contributed by atoms with van der Waals surface area (Å²) >= 11 is 0. The van der Waals surface area contributed by atoms with Gasteiger partial charge in [-0.05, 0) is 13.0 Å². The van der Waals surface area contributed by atoms with Crippen molar-refractivity contribution in [1.82, 2.24) is 5.32 Å². The summed E-state index contributed by atoms with van der Waals surface area (Å²) in [6.45, 7) is 0.200. The van der Waals surface area contributed by atoms with Crippen molar-refractivity contribution in [1.29, 1.82) is 0 Å². The summed E-state index contributed by atoms with van der Waals surface area (Å²) in [5.41, 5.74) is 0. The van der Waals surface area contributed by atoms with Gasteiger partial charge in [0.15, 0.2) is 0 Å². The van der Waals surface area contributed by atoms with E-state index < -0.39 is 17.8 Å². The third kappa shape index (κ3) is 2.62. The van der Waals surface area contributed by atoms with Gasteiger partial charge in [-0.2, -0.15) is 0 Å². The smallest absolute Gasteiger partial charge is 0.306 e. The van der Waals surface area contributed by atoms with Gasteiger partial charge in [0.1, 0.15) is 0 Å². The molecule has 0 aliphatic carbocycles. The van der Waals surface area contributed by atoms with Gasteiger partial charge in [-0.25, -0.2) is 8.78 Å². The van der Waals surface area contributed by atoms with Gasteiger partial charge in [-0.3, -0.25) is 4.79 Å². The molecule has 0 amide bonds. The Morgan fingerprint density at radius 2 is 2.38 bits per heavy atom. The van der Waals surface area contributed by atoms with Crippen molar-refractivity contribution < 1.29 is 18.3 Å². The first kappa shape index (κ1) is 10.4. The van der Waals surface area contributed by atoms with E-state index in [1.54, 1.807) is 0 Å². The molecule has 1 rings (SSSR count). The molecule has 3 nitrogen and oxygen atoms in total. The number of ether oxygens (including phenoxy) is 1. The van der Waals surface area contributed by atoms with E-state index in [2.05, 4.69) is 10.1 Å². The number of carbonyl (C=O) groups is 1. The molecule has 0 radical (unpaired) electrons. The van der Waals surface area contributed by atoms with Crippen molar-refractivity contribution in [2.45, 2.75) is 18.8 Å². The predicted molar refractivity (Wildman–Crippen MR) is 42.6 cm³/mol. The fourth-order valence-corrected chi connectivity index (χ4v) is 1.42. The van der Waals surface area contributed by atoms with Crippen LogP contribution in [0.4, 0.5) is 8.78 Å². The van der Waals surface area contributed by atoms with Gasteiger partial charge >= 0.3 is 5.97 Å². The largest absolute Gasteiger partial charge is 0.469 e. The molecule has 1 atom stereocenters. The van der Waals surface area contributed by atoms with Gasteiger partial charge in [0.25, 0.3) is 5.92 Å². The molecule has 5 heteroatoms. The number of hydrogen-bond donors (Lipinski definition) is 1. The number of halogens is 2. The second kappa shape index (κ2) is 4.00. The Balaban J connectivity index is 2.51. The van der Waals surface area contributed by atoms with Crippen LogP contribution in [0.3, 0.4) is 0 Å². The number of esters is 1. The lowest BCUT2D eigenvalue weighted by molar-refractivity contribution is -0.148. The molecule has 1 heterocycles. The van der Waals surface area contributed by atoms with Gasteiger partial charge in [-0.1, -0.05) is 0 Å². The lowest BCUT2D eigenvalue weighted by Gasteiger charge is -2.30. The van der Waals surface area contributed by atoms with E-state index in [-0.39, 0.29) is 13.0 Å². The molecule has 0 aromatic heterocycles. The predicted octanol–water partition coefficient (Wildman–Crippen LogP) is 0.794. The van der Waals surface area contributed by atoms with Crippen molar-refractivity contribution in [2.75, 3.05) is 20.2 Å². The van der Waals surface area contributed by atoms with Crippen LogP contribution in [0.5, 0.6) is 0 Å². The highest BCUT2D eigenvalue weighted by molar-refractivity contribution is 5.69. The minimum atomic E-state index is -2.79. The Morgan fingerprint density at radius 3 is 2.92 bits per heavy atom. The average molecular weight is 193 g/mol. The average Bonchev–Trinajstić information content (AvgIpc) is 2.08. The number of nitrogens with one attached hydrogen (secondary N) is 1. The van der Waals surface area contributed by atoms with Crippen LogP contribution < -0.4 is 5.32 Å². The fraction of sp³-hybridized carbons (Fsp3) is 0.875. The SMILES string of the molecule is COC(=O)CC1CCNCC1(F)F. The van der Waals surface area contributed by atoms with E-state index in [1.165, 1.54) is 7.11 Å². The van der Waals surface area contributed by atoms with Gasteiger partial charge in [0, 0.05) is 5.92 Å². The molecule has 1 aliphatic heterocycles. The first-order chi connectivity index (χ1) is 6.06. The monoisotopic (exact) mass is 193 g/mol. The van der Waals surface area contributed by atoms with Gasteiger partial charge in [0.2, 0.25) is 0 Å². The summed E-state index contributed by atoms with van der Waals surface area (Å²) in [6.07, 6.45) is 0.132. The molecular formula is C8H13F2NO2. The zero-order valence-corrected chi connectivity index (χ0v) is 7.48. The molecule has 0 saturated carbocycles. The summed E-state index contributed by atoms with van der Waals surface area (Å²) in [5.74, 6) is -4.22. The molecule has 0 spiro atoms. The maximum Gasteiger partial charge on any atom is 0.306 e. The van der Waals surface area contributed by atoms with Gasteiger partial charge in [0.05, 0.1) is 20.1 Å². The summed E-state index contributed by atoms with van der Waals surface area (Å²) < 4.78 is 30.5. The minimum Gasteiger partial charge on any atom is -0.469 e. The van der Waals surface area contributed by atoms with Crippen LogP contribution in [0.15, 0.2) is 0 Å². The molecule has 0 bridgehead atoms. The van der Waals surface area contributed by atoms with Crippen LogP contribution in [0.1, 0.15) is 12.8 Å². The lowest BCUT2D eigenvalue weighted by Crippen LogP contribution is -2.46. The molecule has 76 valence electrons. The van der Waals surface area contributed by atoms with Crippen LogP contribution in [0, 0.1) is 5.92 Å². The van der Waals surface area contributed by atoms with E-state index in [0.717, 1.165) is 0 Å². The van der Waals surface area contributed by atoms with Crippen LogP contribution >= 0.6 is 0 Å². The first-order valence-electron chi connectivity index (χ1n) is 4.21. The number of hydrogen-bond acceptors (Lipinski definition) is 3. The van der Waals surface area contributed by atoms with E-state index in [0.29, 0.717) is 13.0 Å². The van der Waals surface area contributed by atoms with Crippen molar-refractivity contribution in [2.24, 2.45) is 5.92 Å². The minimum absolute atomic E-state index is 0.189. The van der Waals surface area contributed by atoms with Crippen molar-refractivity contribution in [3.8, 4) is 0 Å². The molecule has 1 saturated heterocycles. The number of carbonyl (C=O) groups excluding carboxylic acids is 1. The molecule has 1 aliphatic rings. The molecule has 0 aromatic rings. The molecule has 1 fully saturated rings. The second-order valence-electron chi connectivity index (χ2n) is 3.20. The molecule has 0 aromatic carbocycles. The zero-order chi connectivity index (χ0) is 9.90. The Hall–Kier alpha value is -0.710. The van der Waals surface area contributed by atoms with E-state index in [9.17, 15) is 13.6 Å². The van der Waals surface area contributed by atoms with Crippen LogP contribution in [0.2, 0.25) is 0 Å². The first-order valence-corrected chi connectivity index (χ1v) is 4.21. The molecule has 1 N–H and O–H groups in total. The van der Waals surface area contributed by atoms with Crippen molar-refractivity contribution in [3.63, 3.8) is 0 Å². The number of rotatable bonds is 2. The quantitative estimate of drug-likeness (QED) is 0.659. The summed E-state index contributed by atoms with van der Waals surface area (Å²) in [6, 6.07) is 0. The Bertz CT molecular complexity index is 197.